The van der Waals surface area contributed by atoms with E-state index in [1.165, 1.54) is 22.4 Å². The molecule has 0 aliphatic carbocycles. The molecule has 0 aromatic heterocycles. The smallest absolute Gasteiger partial charge is 0.242 e. The predicted molar refractivity (Wildman–Crippen MR) is 144 cm³/mol. The maximum Gasteiger partial charge on any atom is 0.242 e. The maximum atomic E-state index is 13.3. The third-order valence-corrected chi connectivity index (χ3v) is 7.14. The minimum absolute atomic E-state index is 0.0593. The lowest BCUT2D eigenvalue weighted by Crippen LogP contribution is -2.49. The van der Waals surface area contributed by atoms with Crippen molar-refractivity contribution in [3.63, 3.8) is 0 Å². The van der Waals surface area contributed by atoms with Gasteiger partial charge in [-0.15, -0.1) is 0 Å². The second-order valence-electron chi connectivity index (χ2n) is 9.10. The first-order valence-electron chi connectivity index (χ1n) is 11.8. The molecule has 2 aromatic rings. The number of rotatable bonds is 12. The highest BCUT2D eigenvalue weighted by atomic mass is 35.5. The maximum absolute atomic E-state index is 13.3. The minimum Gasteiger partial charge on any atom is -0.495 e. The van der Waals surface area contributed by atoms with E-state index in [0.29, 0.717) is 11.4 Å². The number of halogens is 1. The van der Waals surface area contributed by atoms with Crippen LogP contribution in [-0.2, 0) is 26.2 Å². The number of benzene rings is 2. The van der Waals surface area contributed by atoms with Crippen molar-refractivity contribution in [2.75, 3.05) is 24.2 Å². The number of carbonyl (C=O) groups is 2. The van der Waals surface area contributed by atoms with Gasteiger partial charge in [-0.05, 0) is 57.9 Å². The molecule has 2 aromatic carbocycles. The predicted octanol–water partition coefficient (Wildman–Crippen LogP) is 4.15. The van der Waals surface area contributed by atoms with Crippen molar-refractivity contribution >= 4 is 39.1 Å². The fourth-order valence-corrected chi connectivity index (χ4v) is 4.90. The van der Waals surface area contributed by atoms with Crippen LogP contribution < -0.4 is 14.4 Å². The van der Waals surface area contributed by atoms with Crippen LogP contribution >= 0.6 is 11.6 Å². The zero-order chi connectivity index (χ0) is 27.0. The van der Waals surface area contributed by atoms with Gasteiger partial charge in [-0.3, -0.25) is 13.9 Å². The molecule has 0 heterocycles. The molecule has 0 fully saturated rings. The van der Waals surface area contributed by atoms with Crippen LogP contribution in [0.4, 0.5) is 5.69 Å². The molecule has 0 saturated carbocycles. The Balaban J connectivity index is 2.18. The van der Waals surface area contributed by atoms with Crippen LogP contribution in [0.5, 0.6) is 5.75 Å². The van der Waals surface area contributed by atoms with Crippen LogP contribution in [0.15, 0.2) is 42.5 Å². The second-order valence-corrected chi connectivity index (χ2v) is 11.4. The quantitative estimate of drug-likeness (QED) is 0.439. The van der Waals surface area contributed by atoms with E-state index in [4.69, 9.17) is 16.3 Å². The van der Waals surface area contributed by atoms with Crippen LogP contribution in [0.25, 0.3) is 0 Å². The number of hydrogen-bond donors (Lipinski definition) is 1. The zero-order valence-electron chi connectivity index (χ0n) is 21.7. The summed E-state index contributed by atoms with van der Waals surface area (Å²) in [6, 6.07) is 11.8. The summed E-state index contributed by atoms with van der Waals surface area (Å²) in [6.45, 7) is 7.76. The number of ether oxygens (including phenoxy) is 1. The Labute approximate surface area is 219 Å². The van der Waals surface area contributed by atoms with E-state index in [-0.39, 0.29) is 48.8 Å². The summed E-state index contributed by atoms with van der Waals surface area (Å²) in [4.78, 5) is 27.5. The molecule has 0 aliphatic heterocycles. The summed E-state index contributed by atoms with van der Waals surface area (Å²) in [5.41, 5.74) is 2.39. The van der Waals surface area contributed by atoms with E-state index < -0.39 is 16.1 Å². The summed E-state index contributed by atoms with van der Waals surface area (Å²) < 4.78 is 31.3. The van der Waals surface area contributed by atoms with Gasteiger partial charge in [-0.1, -0.05) is 41.4 Å². The van der Waals surface area contributed by atoms with Gasteiger partial charge in [-0.25, -0.2) is 8.42 Å². The molecule has 0 radical (unpaired) electrons. The molecule has 0 aliphatic rings. The van der Waals surface area contributed by atoms with Gasteiger partial charge in [0, 0.05) is 25.6 Å². The first-order valence-corrected chi connectivity index (χ1v) is 14.0. The summed E-state index contributed by atoms with van der Waals surface area (Å²) in [5.74, 6) is -0.0382. The normalized spacial score (nSPS) is 12.2. The third-order valence-electron chi connectivity index (χ3n) is 5.65. The molecule has 1 N–H and O–H groups in total. The second kappa shape index (κ2) is 13.0. The number of sulfonamides is 1. The number of anilines is 1. The fraction of sp³-hybridized carbons (Fsp3) is 0.462. The Hall–Kier alpha value is -2.78. The molecule has 0 bridgehead atoms. The Kier molecular flexibility index (Phi) is 10.6. The lowest BCUT2D eigenvalue weighted by atomic mass is 10.1. The van der Waals surface area contributed by atoms with Crippen molar-refractivity contribution < 1.29 is 22.7 Å². The molecular formula is C26H36ClN3O5S. The van der Waals surface area contributed by atoms with Crippen molar-refractivity contribution in [2.24, 2.45) is 0 Å². The Bertz CT molecular complexity index is 1150. The van der Waals surface area contributed by atoms with Crippen LogP contribution in [0.3, 0.4) is 0 Å². The Morgan fingerprint density at radius 2 is 1.72 bits per heavy atom. The SMILES string of the molecule is COc1ccc(N(CCCC(=O)N(Cc2ccc(C)cc2)[C@H](C)C(=O)NC(C)C)S(C)(=O)=O)cc1Cl. The van der Waals surface area contributed by atoms with Crippen LogP contribution in [-0.4, -0.2) is 57.1 Å². The van der Waals surface area contributed by atoms with E-state index >= 15 is 0 Å². The van der Waals surface area contributed by atoms with Gasteiger partial charge < -0.3 is 15.0 Å². The number of methoxy groups -OCH3 is 1. The van der Waals surface area contributed by atoms with Crippen molar-refractivity contribution in [3.05, 3.63) is 58.6 Å². The summed E-state index contributed by atoms with van der Waals surface area (Å²) in [5, 5.41) is 3.15. The standard InChI is InChI=1S/C26H36ClN3O5S/c1-18(2)28-26(32)20(4)29(17-21-11-9-19(3)10-12-21)25(31)8-7-15-30(36(6,33)34)22-13-14-24(35-5)23(27)16-22/h9-14,16,18,20H,7-8,15,17H2,1-6H3,(H,28,32)/t20-/m1/s1. The van der Waals surface area contributed by atoms with Crippen molar-refractivity contribution in [1.82, 2.24) is 10.2 Å². The topological polar surface area (TPSA) is 96.0 Å². The highest BCUT2D eigenvalue weighted by Crippen LogP contribution is 2.30. The van der Waals surface area contributed by atoms with E-state index in [2.05, 4.69) is 5.32 Å². The van der Waals surface area contributed by atoms with Gasteiger partial charge in [-0.2, -0.15) is 0 Å². The average molecular weight is 538 g/mol. The molecule has 8 nitrogen and oxygen atoms in total. The molecule has 10 heteroatoms. The Morgan fingerprint density at radius 3 is 2.25 bits per heavy atom. The summed E-state index contributed by atoms with van der Waals surface area (Å²) >= 11 is 6.19. The number of amides is 2. The number of nitrogens with zero attached hydrogens (tertiary/aromatic N) is 2. The minimum atomic E-state index is -3.62. The number of aryl methyl sites for hydroxylation is 1. The first-order chi connectivity index (χ1) is 16.8. The van der Waals surface area contributed by atoms with Crippen LogP contribution in [0.1, 0.15) is 44.7 Å². The lowest BCUT2D eigenvalue weighted by molar-refractivity contribution is -0.140. The van der Waals surface area contributed by atoms with Crippen molar-refractivity contribution in [3.8, 4) is 5.75 Å². The Morgan fingerprint density at radius 1 is 1.08 bits per heavy atom. The largest absolute Gasteiger partial charge is 0.495 e. The van der Waals surface area contributed by atoms with Gasteiger partial charge in [0.2, 0.25) is 21.8 Å². The van der Waals surface area contributed by atoms with Gasteiger partial charge >= 0.3 is 0 Å². The molecule has 2 amide bonds. The first kappa shape index (κ1) is 29.5. The highest BCUT2D eigenvalue weighted by molar-refractivity contribution is 7.92. The van der Waals surface area contributed by atoms with Crippen molar-refractivity contribution in [1.29, 1.82) is 0 Å². The van der Waals surface area contributed by atoms with E-state index in [1.807, 2.05) is 45.0 Å². The van der Waals surface area contributed by atoms with Gasteiger partial charge in [0.25, 0.3) is 0 Å². The van der Waals surface area contributed by atoms with E-state index in [0.717, 1.165) is 17.4 Å². The number of hydrogen-bond acceptors (Lipinski definition) is 5. The van der Waals surface area contributed by atoms with E-state index in [1.54, 1.807) is 19.1 Å². The van der Waals surface area contributed by atoms with E-state index in [9.17, 15) is 18.0 Å². The van der Waals surface area contributed by atoms with Gasteiger partial charge in [0.1, 0.15) is 11.8 Å². The molecule has 2 rings (SSSR count). The molecule has 0 unspecified atom stereocenters. The molecule has 0 saturated heterocycles. The van der Waals surface area contributed by atoms with Crippen LogP contribution in [0.2, 0.25) is 5.02 Å². The zero-order valence-corrected chi connectivity index (χ0v) is 23.3. The van der Waals surface area contributed by atoms with Gasteiger partial charge in [0.05, 0.1) is 24.1 Å². The van der Waals surface area contributed by atoms with Crippen LogP contribution in [0, 0.1) is 6.92 Å². The number of carbonyl (C=O) groups excluding carboxylic acids is 2. The lowest BCUT2D eigenvalue weighted by Gasteiger charge is -2.30. The third kappa shape index (κ3) is 8.41. The summed E-state index contributed by atoms with van der Waals surface area (Å²) in [7, 11) is -2.15. The monoisotopic (exact) mass is 537 g/mol. The molecular weight excluding hydrogens is 502 g/mol. The summed E-state index contributed by atoms with van der Waals surface area (Å²) in [6.07, 6.45) is 1.44. The molecule has 1 atom stereocenters. The fourth-order valence-electron chi connectivity index (χ4n) is 3.69. The van der Waals surface area contributed by atoms with Crippen molar-refractivity contribution in [2.45, 2.75) is 59.2 Å². The highest BCUT2D eigenvalue weighted by Gasteiger charge is 2.27. The average Bonchev–Trinajstić information content (AvgIpc) is 2.79. The molecule has 36 heavy (non-hydrogen) atoms. The molecule has 198 valence electrons. The van der Waals surface area contributed by atoms with Gasteiger partial charge in [0.15, 0.2) is 0 Å². The number of nitrogens with one attached hydrogen (secondary N) is 1. The molecule has 0 spiro atoms.